The van der Waals surface area contributed by atoms with Crippen LogP contribution in [0.15, 0.2) is 0 Å². The van der Waals surface area contributed by atoms with Gasteiger partial charge in [-0.05, 0) is 6.42 Å². The van der Waals surface area contributed by atoms with Crippen LogP contribution in [0.5, 0.6) is 0 Å². The second-order valence-electron chi connectivity index (χ2n) is 3.32. The maximum absolute atomic E-state index is 8.61. The Labute approximate surface area is 59.2 Å². The Bertz CT molecular complexity index is 206. The Kier molecular flexibility index (Phi) is 0.697. The molecule has 10 heavy (non-hydrogen) atoms. The number of hydrogen-bond donors (Lipinski definition) is 0. The zero-order chi connectivity index (χ0) is 6.72. The van der Waals surface area contributed by atoms with E-state index in [2.05, 4.69) is 11.0 Å². The van der Waals surface area contributed by atoms with Crippen LogP contribution in [-0.2, 0) is 4.74 Å². The molecule has 2 unspecified atom stereocenters. The van der Waals surface area contributed by atoms with Gasteiger partial charge in [0.05, 0.1) is 12.0 Å². The van der Waals surface area contributed by atoms with Gasteiger partial charge in [-0.25, -0.2) is 0 Å². The van der Waals surface area contributed by atoms with E-state index in [1.807, 2.05) is 0 Å². The summed E-state index contributed by atoms with van der Waals surface area (Å²) in [6.07, 6.45) is 1.97. The highest BCUT2D eigenvalue weighted by Crippen LogP contribution is 2.49. The van der Waals surface area contributed by atoms with Crippen molar-refractivity contribution in [1.82, 2.24) is 4.90 Å². The highest BCUT2D eigenvalue weighted by molar-refractivity contribution is 5.14. The SMILES string of the molecule is N#CC1CC2[C@H]3O[C@H]3N2C1. The van der Waals surface area contributed by atoms with Crippen LogP contribution in [0.3, 0.4) is 0 Å². The lowest BCUT2D eigenvalue weighted by Crippen LogP contribution is -2.47. The van der Waals surface area contributed by atoms with Gasteiger partial charge in [-0.15, -0.1) is 0 Å². The molecule has 0 aromatic heterocycles. The summed E-state index contributed by atoms with van der Waals surface area (Å²) in [7, 11) is 0. The lowest BCUT2D eigenvalue weighted by Gasteiger charge is -2.27. The number of epoxide rings is 1. The fourth-order valence-corrected chi connectivity index (χ4v) is 2.16. The van der Waals surface area contributed by atoms with Gasteiger partial charge < -0.3 is 4.74 Å². The quantitative estimate of drug-likeness (QED) is 0.438. The third-order valence-corrected chi connectivity index (χ3v) is 2.77. The Morgan fingerprint density at radius 2 is 2.50 bits per heavy atom. The molecule has 52 valence electrons. The lowest BCUT2D eigenvalue weighted by molar-refractivity contribution is 0.152. The molecule has 0 spiro atoms. The van der Waals surface area contributed by atoms with Gasteiger partial charge in [0.2, 0.25) is 0 Å². The number of hydrogen-bond acceptors (Lipinski definition) is 3. The summed E-state index contributed by atoms with van der Waals surface area (Å²) in [5.41, 5.74) is 0. The zero-order valence-electron chi connectivity index (χ0n) is 5.53. The van der Waals surface area contributed by atoms with Crippen LogP contribution in [0.2, 0.25) is 0 Å². The van der Waals surface area contributed by atoms with Crippen LogP contribution >= 0.6 is 0 Å². The van der Waals surface area contributed by atoms with Gasteiger partial charge in [0.1, 0.15) is 12.3 Å². The molecule has 0 amide bonds. The number of nitrogens with zero attached hydrogens (tertiary/aromatic N) is 2. The first-order chi connectivity index (χ1) is 4.90. The summed E-state index contributed by atoms with van der Waals surface area (Å²) >= 11 is 0. The second-order valence-corrected chi connectivity index (χ2v) is 3.32. The summed E-state index contributed by atoms with van der Waals surface area (Å²) in [4.78, 5) is 2.30. The van der Waals surface area contributed by atoms with Crippen molar-refractivity contribution >= 4 is 0 Å². The first kappa shape index (κ1) is 5.11. The minimum Gasteiger partial charge on any atom is -0.351 e. The van der Waals surface area contributed by atoms with E-state index in [1.165, 1.54) is 0 Å². The zero-order valence-corrected chi connectivity index (χ0v) is 5.53. The van der Waals surface area contributed by atoms with Gasteiger partial charge >= 0.3 is 0 Å². The number of nitriles is 1. The van der Waals surface area contributed by atoms with Gasteiger partial charge in [0, 0.05) is 12.6 Å². The molecule has 0 saturated carbocycles. The van der Waals surface area contributed by atoms with E-state index in [4.69, 9.17) is 10.00 Å². The predicted molar refractivity (Wildman–Crippen MR) is 32.9 cm³/mol. The largest absolute Gasteiger partial charge is 0.351 e. The fraction of sp³-hybridized carbons (Fsp3) is 0.857. The maximum Gasteiger partial charge on any atom is 0.139 e. The van der Waals surface area contributed by atoms with E-state index in [9.17, 15) is 0 Å². The van der Waals surface area contributed by atoms with Crippen molar-refractivity contribution in [3.8, 4) is 6.07 Å². The Morgan fingerprint density at radius 3 is 3.20 bits per heavy atom. The van der Waals surface area contributed by atoms with E-state index in [0.717, 1.165) is 13.0 Å². The van der Waals surface area contributed by atoms with Gasteiger partial charge in [0.25, 0.3) is 0 Å². The van der Waals surface area contributed by atoms with Crippen molar-refractivity contribution in [2.75, 3.05) is 6.54 Å². The normalized spacial score (nSPS) is 56.3. The van der Waals surface area contributed by atoms with Crippen LogP contribution < -0.4 is 0 Å². The van der Waals surface area contributed by atoms with Crippen molar-refractivity contribution < 1.29 is 4.74 Å². The number of rotatable bonds is 0. The van der Waals surface area contributed by atoms with E-state index in [-0.39, 0.29) is 5.92 Å². The molecule has 0 aliphatic carbocycles. The van der Waals surface area contributed by atoms with Crippen LogP contribution in [-0.4, -0.2) is 29.8 Å². The fourth-order valence-electron chi connectivity index (χ4n) is 2.16. The minimum absolute atomic E-state index is 0.279. The van der Waals surface area contributed by atoms with Crippen LogP contribution in [0.25, 0.3) is 0 Å². The lowest BCUT2D eigenvalue weighted by atomic mass is 10.0. The molecular formula is C7H8N2O. The molecule has 3 aliphatic rings. The maximum atomic E-state index is 8.61. The minimum atomic E-state index is 0.279. The molecule has 3 nitrogen and oxygen atoms in total. The highest BCUT2D eigenvalue weighted by Gasteiger charge is 2.65. The monoisotopic (exact) mass is 136 g/mol. The Balaban J connectivity index is 1.80. The number of fused-ring (bicyclic) bond motifs is 4. The molecule has 0 bridgehead atoms. The van der Waals surface area contributed by atoms with Crippen molar-refractivity contribution in [3.63, 3.8) is 0 Å². The molecular weight excluding hydrogens is 128 g/mol. The Hall–Kier alpha value is -0.590. The van der Waals surface area contributed by atoms with Crippen LogP contribution in [0.4, 0.5) is 0 Å². The topological polar surface area (TPSA) is 39.6 Å². The smallest absolute Gasteiger partial charge is 0.139 e. The van der Waals surface area contributed by atoms with Crippen molar-refractivity contribution in [3.05, 3.63) is 0 Å². The third kappa shape index (κ3) is 0.405. The molecule has 0 aromatic carbocycles. The molecule has 4 atom stereocenters. The molecule has 3 saturated heterocycles. The molecule has 3 fully saturated rings. The van der Waals surface area contributed by atoms with Gasteiger partial charge in [-0.1, -0.05) is 0 Å². The van der Waals surface area contributed by atoms with Gasteiger partial charge in [0.15, 0.2) is 0 Å². The first-order valence-corrected chi connectivity index (χ1v) is 3.71. The van der Waals surface area contributed by atoms with Gasteiger partial charge in [-0.2, -0.15) is 5.26 Å². The van der Waals surface area contributed by atoms with Gasteiger partial charge in [-0.3, -0.25) is 4.90 Å². The van der Waals surface area contributed by atoms with E-state index < -0.39 is 0 Å². The van der Waals surface area contributed by atoms with E-state index >= 15 is 0 Å². The standard InChI is InChI=1S/C7H8N2O/c8-2-4-1-5-6-7(10-6)9(5)3-4/h4-7H,1,3H2/t4?,5?,6-,7-/m1/s1. The van der Waals surface area contributed by atoms with E-state index in [1.54, 1.807) is 0 Å². The van der Waals surface area contributed by atoms with E-state index in [0.29, 0.717) is 18.4 Å². The molecule has 0 aromatic rings. The second kappa shape index (κ2) is 1.36. The van der Waals surface area contributed by atoms with Crippen molar-refractivity contribution in [2.24, 2.45) is 5.92 Å². The summed E-state index contributed by atoms with van der Waals surface area (Å²) in [6, 6.07) is 2.91. The summed E-state index contributed by atoms with van der Waals surface area (Å²) < 4.78 is 5.30. The molecule has 0 radical (unpaired) electrons. The predicted octanol–water partition coefficient (Wildman–Crippen LogP) is -0.0610. The highest BCUT2D eigenvalue weighted by atomic mass is 16.6. The molecule has 0 N–H and O–H groups in total. The average molecular weight is 136 g/mol. The summed E-state index contributed by atoms with van der Waals surface area (Å²) in [6.45, 7) is 0.947. The molecule has 3 aliphatic heterocycles. The first-order valence-electron chi connectivity index (χ1n) is 3.71. The molecule has 3 heterocycles. The summed E-state index contributed by atoms with van der Waals surface area (Å²) in [5, 5.41) is 8.61. The third-order valence-electron chi connectivity index (χ3n) is 2.77. The van der Waals surface area contributed by atoms with Crippen LogP contribution in [0, 0.1) is 17.2 Å². The van der Waals surface area contributed by atoms with Crippen molar-refractivity contribution in [2.45, 2.75) is 24.8 Å². The summed E-state index contributed by atoms with van der Waals surface area (Å²) in [5.74, 6) is 0.279. The van der Waals surface area contributed by atoms with Crippen LogP contribution in [0.1, 0.15) is 6.42 Å². The average Bonchev–Trinajstić information content (AvgIpc) is 2.56. The molecule has 3 rings (SSSR count). The van der Waals surface area contributed by atoms with Crippen molar-refractivity contribution in [1.29, 1.82) is 5.26 Å². The number of ether oxygens (including phenoxy) is 1. The molecule has 3 heteroatoms. The Morgan fingerprint density at radius 1 is 1.60 bits per heavy atom.